The van der Waals surface area contributed by atoms with Crippen LogP contribution in [0.15, 0.2) is 36.7 Å². The molecule has 0 saturated heterocycles. The van der Waals surface area contributed by atoms with E-state index in [1.807, 2.05) is 41.3 Å². The third-order valence-corrected chi connectivity index (χ3v) is 3.20. The summed E-state index contributed by atoms with van der Waals surface area (Å²) in [4.78, 5) is 0. The Morgan fingerprint density at radius 1 is 1.42 bits per heavy atom. The molecule has 0 aliphatic carbocycles. The Morgan fingerprint density at radius 3 is 2.84 bits per heavy atom. The Hall–Kier alpha value is -1.85. The fraction of sp³-hybridized carbons (Fsp3) is 0.357. The van der Waals surface area contributed by atoms with Gasteiger partial charge in [-0.2, -0.15) is 5.10 Å². The standard InChI is InChI=1S/C14H20N4O/c1-3-18-10-12(9-16-18)13(17-15)8-11-6-4-5-7-14(11)19-2/h4-7,9-10,13,17H,3,8,15H2,1-2H3. The highest BCUT2D eigenvalue weighted by atomic mass is 16.5. The topological polar surface area (TPSA) is 65.1 Å². The number of ether oxygens (including phenoxy) is 1. The summed E-state index contributed by atoms with van der Waals surface area (Å²) >= 11 is 0. The number of nitrogens with two attached hydrogens (primary N) is 1. The summed E-state index contributed by atoms with van der Waals surface area (Å²) < 4.78 is 7.25. The molecule has 1 heterocycles. The molecule has 3 N–H and O–H groups in total. The smallest absolute Gasteiger partial charge is 0.122 e. The van der Waals surface area contributed by atoms with Crippen LogP contribution in [0.5, 0.6) is 5.75 Å². The van der Waals surface area contributed by atoms with Gasteiger partial charge >= 0.3 is 0 Å². The van der Waals surface area contributed by atoms with Crippen LogP contribution in [0.25, 0.3) is 0 Å². The van der Waals surface area contributed by atoms with Gasteiger partial charge in [0.15, 0.2) is 0 Å². The van der Waals surface area contributed by atoms with Crippen molar-refractivity contribution in [1.82, 2.24) is 15.2 Å². The van der Waals surface area contributed by atoms with Crippen LogP contribution in [0, 0.1) is 0 Å². The fourth-order valence-corrected chi connectivity index (χ4v) is 2.10. The first-order valence-corrected chi connectivity index (χ1v) is 6.38. The molecule has 0 aliphatic heterocycles. The highest BCUT2D eigenvalue weighted by Crippen LogP contribution is 2.24. The average molecular weight is 260 g/mol. The van der Waals surface area contributed by atoms with E-state index in [9.17, 15) is 0 Å². The van der Waals surface area contributed by atoms with Crippen LogP contribution in [0.3, 0.4) is 0 Å². The van der Waals surface area contributed by atoms with E-state index in [4.69, 9.17) is 10.6 Å². The van der Waals surface area contributed by atoms with E-state index in [2.05, 4.69) is 17.4 Å². The van der Waals surface area contributed by atoms with Gasteiger partial charge in [-0.3, -0.25) is 16.0 Å². The maximum absolute atomic E-state index is 5.67. The zero-order valence-electron chi connectivity index (χ0n) is 11.3. The van der Waals surface area contributed by atoms with Crippen LogP contribution >= 0.6 is 0 Å². The first-order chi connectivity index (χ1) is 9.28. The zero-order valence-corrected chi connectivity index (χ0v) is 11.3. The molecule has 1 aromatic heterocycles. The largest absolute Gasteiger partial charge is 0.496 e. The van der Waals surface area contributed by atoms with Gasteiger partial charge in [-0.05, 0) is 25.0 Å². The van der Waals surface area contributed by atoms with Crippen LogP contribution < -0.4 is 16.0 Å². The number of aromatic nitrogens is 2. The number of para-hydroxylation sites is 1. The molecule has 1 aromatic carbocycles. The van der Waals surface area contributed by atoms with E-state index in [0.717, 1.165) is 29.8 Å². The quantitative estimate of drug-likeness (QED) is 0.612. The Morgan fingerprint density at radius 2 is 2.21 bits per heavy atom. The highest BCUT2D eigenvalue weighted by molar-refractivity contribution is 5.34. The minimum Gasteiger partial charge on any atom is -0.496 e. The molecule has 1 atom stereocenters. The van der Waals surface area contributed by atoms with Gasteiger partial charge in [0, 0.05) is 18.3 Å². The van der Waals surface area contributed by atoms with Gasteiger partial charge in [-0.15, -0.1) is 0 Å². The number of rotatable bonds is 6. The Labute approximate surface area is 113 Å². The van der Waals surface area contributed by atoms with Crippen molar-refractivity contribution < 1.29 is 4.74 Å². The van der Waals surface area contributed by atoms with E-state index in [0.29, 0.717) is 0 Å². The lowest BCUT2D eigenvalue weighted by atomic mass is 10.0. The second-order valence-electron chi connectivity index (χ2n) is 4.36. The molecule has 0 saturated carbocycles. The molecule has 5 heteroatoms. The summed E-state index contributed by atoms with van der Waals surface area (Å²) in [5, 5.41) is 4.28. The number of nitrogens with zero attached hydrogens (tertiary/aromatic N) is 2. The molecule has 19 heavy (non-hydrogen) atoms. The molecule has 0 aliphatic rings. The Balaban J connectivity index is 2.18. The molecule has 0 bridgehead atoms. The van der Waals surface area contributed by atoms with Crippen LogP contribution in [0.2, 0.25) is 0 Å². The first kappa shape index (κ1) is 13.6. The third-order valence-electron chi connectivity index (χ3n) is 3.20. The van der Waals surface area contributed by atoms with Gasteiger partial charge in [-0.1, -0.05) is 18.2 Å². The predicted molar refractivity (Wildman–Crippen MR) is 74.7 cm³/mol. The normalized spacial score (nSPS) is 12.4. The van der Waals surface area contributed by atoms with E-state index in [1.54, 1.807) is 7.11 Å². The summed E-state index contributed by atoms with van der Waals surface area (Å²) in [6.45, 7) is 2.91. The lowest BCUT2D eigenvalue weighted by Gasteiger charge is -2.16. The van der Waals surface area contributed by atoms with Crippen molar-refractivity contribution in [2.75, 3.05) is 7.11 Å². The van der Waals surface area contributed by atoms with Gasteiger partial charge in [-0.25, -0.2) is 0 Å². The number of nitrogens with one attached hydrogen (secondary N) is 1. The van der Waals surface area contributed by atoms with Crippen molar-refractivity contribution in [3.05, 3.63) is 47.8 Å². The predicted octanol–water partition coefficient (Wildman–Crippen LogP) is 1.66. The zero-order chi connectivity index (χ0) is 13.7. The van der Waals surface area contributed by atoms with Crippen molar-refractivity contribution in [3.8, 4) is 5.75 Å². The number of hydrazine groups is 1. The molecule has 0 amide bonds. The molecule has 102 valence electrons. The summed E-state index contributed by atoms with van der Waals surface area (Å²) in [6, 6.07) is 7.99. The summed E-state index contributed by atoms with van der Waals surface area (Å²) in [5.74, 6) is 6.55. The number of methoxy groups -OCH3 is 1. The van der Waals surface area contributed by atoms with E-state index in [-0.39, 0.29) is 6.04 Å². The van der Waals surface area contributed by atoms with Gasteiger partial charge in [0.1, 0.15) is 5.75 Å². The molecular weight excluding hydrogens is 240 g/mol. The maximum Gasteiger partial charge on any atom is 0.122 e. The molecule has 5 nitrogen and oxygen atoms in total. The highest BCUT2D eigenvalue weighted by Gasteiger charge is 2.14. The number of hydrogen-bond acceptors (Lipinski definition) is 4. The molecule has 2 aromatic rings. The van der Waals surface area contributed by atoms with Gasteiger partial charge in [0.05, 0.1) is 19.3 Å². The Bertz CT molecular complexity index is 524. The Kier molecular flexibility index (Phi) is 4.54. The number of hydrogen-bond donors (Lipinski definition) is 2. The summed E-state index contributed by atoms with van der Waals surface area (Å²) in [6.07, 6.45) is 4.62. The lowest BCUT2D eigenvalue weighted by molar-refractivity contribution is 0.405. The van der Waals surface area contributed by atoms with Gasteiger partial charge in [0.25, 0.3) is 0 Å². The van der Waals surface area contributed by atoms with Crippen molar-refractivity contribution in [3.63, 3.8) is 0 Å². The minimum atomic E-state index is 0.0246. The molecule has 1 unspecified atom stereocenters. The van der Waals surface area contributed by atoms with Crippen LogP contribution in [0.1, 0.15) is 24.1 Å². The van der Waals surface area contributed by atoms with Crippen molar-refractivity contribution >= 4 is 0 Å². The van der Waals surface area contributed by atoms with Crippen molar-refractivity contribution in [2.24, 2.45) is 5.84 Å². The number of aryl methyl sites for hydroxylation is 1. The minimum absolute atomic E-state index is 0.0246. The van der Waals surface area contributed by atoms with Crippen LogP contribution in [-0.4, -0.2) is 16.9 Å². The van der Waals surface area contributed by atoms with Gasteiger partial charge < -0.3 is 4.74 Å². The van der Waals surface area contributed by atoms with E-state index in [1.165, 1.54) is 0 Å². The lowest BCUT2D eigenvalue weighted by Crippen LogP contribution is -2.29. The molecule has 0 fully saturated rings. The second-order valence-corrected chi connectivity index (χ2v) is 4.36. The average Bonchev–Trinajstić information content (AvgIpc) is 2.93. The van der Waals surface area contributed by atoms with E-state index >= 15 is 0 Å². The van der Waals surface area contributed by atoms with E-state index < -0.39 is 0 Å². The number of benzene rings is 1. The molecular formula is C14H20N4O. The first-order valence-electron chi connectivity index (χ1n) is 6.38. The summed E-state index contributed by atoms with van der Waals surface area (Å²) in [5.41, 5.74) is 5.05. The van der Waals surface area contributed by atoms with Crippen LogP contribution in [0.4, 0.5) is 0 Å². The monoisotopic (exact) mass is 260 g/mol. The summed E-state index contributed by atoms with van der Waals surface area (Å²) in [7, 11) is 1.68. The van der Waals surface area contributed by atoms with Crippen molar-refractivity contribution in [1.29, 1.82) is 0 Å². The molecule has 0 radical (unpaired) electrons. The maximum atomic E-state index is 5.67. The van der Waals surface area contributed by atoms with Crippen molar-refractivity contribution in [2.45, 2.75) is 25.9 Å². The van der Waals surface area contributed by atoms with Crippen LogP contribution in [-0.2, 0) is 13.0 Å². The third kappa shape index (κ3) is 3.13. The second kappa shape index (κ2) is 6.36. The SMILES string of the molecule is CCn1cc(C(Cc2ccccc2OC)NN)cn1. The molecule has 0 spiro atoms. The fourth-order valence-electron chi connectivity index (χ4n) is 2.10. The van der Waals surface area contributed by atoms with Gasteiger partial charge in [0.2, 0.25) is 0 Å². The molecule has 2 rings (SSSR count).